The van der Waals surface area contributed by atoms with Crippen molar-refractivity contribution in [2.45, 2.75) is 6.92 Å². The van der Waals surface area contributed by atoms with Gasteiger partial charge in [-0.1, -0.05) is 53.6 Å². The third-order valence-electron chi connectivity index (χ3n) is 3.61. The molecule has 0 radical (unpaired) electrons. The van der Waals surface area contributed by atoms with Crippen LogP contribution in [-0.2, 0) is 0 Å². The minimum atomic E-state index is -0.487. The van der Waals surface area contributed by atoms with Crippen LogP contribution in [-0.4, -0.2) is 17.5 Å². The quantitative estimate of drug-likeness (QED) is 0.921. The number of benzene rings is 2. The molecule has 114 valence electrons. The minimum absolute atomic E-state index is 0.180. The average molecular weight is 326 g/mol. The molecule has 0 atom stereocenters. The smallest absolute Gasteiger partial charge is 0.255 e. The van der Waals surface area contributed by atoms with Crippen LogP contribution >= 0.6 is 11.6 Å². The van der Waals surface area contributed by atoms with Gasteiger partial charge in [-0.15, -0.1) is 0 Å². The predicted molar refractivity (Wildman–Crippen MR) is 86.6 cm³/mol. The number of ketones is 2. The van der Waals surface area contributed by atoms with E-state index in [4.69, 9.17) is 11.6 Å². The normalized spacial score (nSPS) is 13.8. The fourth-order valence-corrected chi connectivity index (χ4v) is 2.58. The molecule has 0 heterocycles. The molecule has 1 amide bonds. The van der Waals surface area contributed by atoms with Crippen LogP contribution in [0.5, 0.6) is 0 Å². The number of Topliss-reactive ketones (excluding diaryl/α,β-unsaturated/α-hetero) is 2. The van der Waals surface area contributed by atoms with Crippen molar-refractivity contribution in [3.05, 3.63) is 81.5 Å². The van der Waals surface area contributed by atoms with Gasteiger partial charge in [0.1, 0.15) is 10.7 Å². The summed E-state index contributed by atoms with van der Waals surface area (Å²) in [6, 6.07) is 13.2. The Morgan fingerprint density at radius 3 is 2.09 bits per heavy atom. The number of rotatable bonds is 2. The van der Waals surface area contributed by atoms with Gasteiger partial charge < -0.3 is 5.32 Å². The van der Waals surface area contributed by atoms with Gasteiger partial charge in [0.25, 0.3) is 5.91 Å². The number of halogens is 1. The zero-order valence-corrected chi connectivity index (χ0v) is 13.0. The number of amides is 1. The summed E-state index contributed by atoms with van der Waals surface area (Å²) in [7, 11) is 0. The second-order valence-electron chi connectivity index (χ2n) is 5.21. The molecule has 1 aliphatic carbocycles. The minimum Gasteiger partial charge on any atom is -0.317 e. The fourth-order valence-electron chi connectivity index (χ4n) is 2.35. The van der Waals surface area contributed by atoms with Crippen molar-refractivity contribution >= 4 is 29.1 Å². The molecule has 3 rings (SSSR count). The maximum Gasteiger partial charge on any atom is 0.255 e. The van der Waals surface area contributed by atoms with Gasteiger partial charge in [-0.25, -0.2) is 0 Å². The number of carbonyl (C=O) groups excluding carboxylic acids is 3. The zero-order valence-electron chi connectivity index (χ0n) is 12.2. The summed E-state index contributed by atoms with van der Waals surface area (Å²) in [5.74, 6) is -1.43. The van der Waals surface area contributed by atoms with Gasteiger partial charge in [0, 0.05) is 16.7 Å². The molecule has 5 heteroatoms. The van der Waals surface area contributed by atoms with Crippen molar-refractivity contribution in [2.24, 2.45) is 0 Å². The van der Waals surface area contributed by atoms with E-state index in [1.54, 1.807) is 36.4 Å². The molecule has 0 aromatic heterocycles. The largest absolute Gasteiger partial charge is 0.317 e. The summed E-state index contributed by atoms with van der Waals surface area (Å²) in [5.41, 5.74) is 1.70. The first-order valence-electron chi connectivity index (χ1n) is 6.95. The number of aryl methyl sites for hydroxylation is 1. The Balaban J connectivity index is 1.95. The van der Waals surface area contributed by atoms with Crippen LogP contribution in [0.2, 0.25) is 0 Å². The number of nitrogens with one attached hydrogen (secondary N) is 1. The number of hydrogen-bond donors (Lipinski definition) is 1. The highest BCUT2D eigenvalue weighted by atomic mass is 35.5. The van der Waals surface area contributed by atoms with Crippen molar-refractivity contribution in [3.63, 3.8) is 0 Å². The Morgan fingerprint density at radius 1 is 0.913 bits per heavy atom. The van der Waals surface area contributed by atoms with Gasteiger partial charge >= 0.3 is 0 Å². The van der Waals surface area contributed by atoms with E-state index in [-0.39, 0.29) is 21.9 Å². The third kappa shape index (κ3) is 2.69. The molecule has 1 N–H and O–H groups in total. The molecule has 2 aromatic carbocycles. The topological polar surface area (TPSA) is 63.2 Å². The van der Waals surface area contributed by atoms with E-state index in [0.29, 0.717) is 5.56 Å². The van der Waals surface area contributed by atoms with Crippen LogP contribution in [0.25, 0.3) is 0 Å². The summed E-state index contributed by atoms with van der Waals surface area (Å²) in [6.45, 7) is 1.90. The summed E-state index contributed by atoms with van der Waals surface area (Å²) in [5, 5.41) is 2.19. The van der Waals surface area contributed by atoms with Crippen LogP contribution in [0.3, 0.4) is 0 Å². The molecular formula is C18H12ClNO3. The van der Waals surface area contributed by atoms with Crippen LogP contribution in [0.1, 0.15) is 36.6 Å². The van der Waals surface area contributed by atoms with Crippen molar-refractivity contribution < 1.29 is 14.4 Å². The highest BCUT2D eigenvalue weighted by molar-refractivity contribution is 6.50. The fraction of sp³-hybridized carbons (Fsp3) is 0.0556. The first kappa shape index (κ1) is 15.2. The third-order valence-corrected chi connectivity index (χ3v) is 3.98. The zero-order chi connectivity index (χ0) is 16.6. The molecule has 0 saturated carbocycles. The number of hydrogen-bond acceptors (Lipinski definition) is 3. The van der Waals surface area contributed by atoms with Crippen LogP contribution in [0.4, 0.5) is 0 Å². The molecule has 0 unspecified atom stereocenters. The summed E-state index contributed by atoms with van der Waals surface area (Å²) < 4.78 is 0. The van der Waals surface area contributed by atoms with Crippen molar-refractivity contribution in [3.8, 4) is 0 Å². The van der Waals surface area contributed by atoms with E-state index in [1.807, 2.05) is 6.92 Å². The van der Waals surface area contributed by atoms with Gasteiger partial charge in [0.15, 0.2) is 0 Å². The summed E-state index contributed by atoms with van der Waals surface area (Å²) >= 11 is 6.01. The van der Waals surface area contributed by atoms with Crippen molar-refractivity contribution in [1.82, 2.24) is 5.32 Å². The highest BCUT2D eigenvalue weighted by Crippen LogP contribution is 2.27. The molecule has 1 aliphatic rings. The highest BCUT2D eigenvalue weighted by Gasteiger charge is 2.32. The van der Waals surface area contributed by atoms with Gasteiger partial charge in [-0.05, 0) is 19.1 Å². The average Bonchev–Trinajstić information content (AvgIpc) is 2.57. The molecule has 0 aliphatic heterocycles. The number of carbonyl (C=O) groups is 3. The number of allylic oxidation sites excluding steroid dienone is 2. The van der Waals surface area contributed by atoms with E-state index in [0.717, 1.165) is 5.56 Å². The van der Waals surface area contributed by atoms with Crippen LogP contribution in [0, 0.1) is 6.92 Å². The predicted octanol–water partition coefficient (Wildman–Crippen LogP) is 3.25. The van der Waals surface area contributed by atoms with Gasteiger partial charge in [-0.3, -0.25) is 14.4 Å². The molecule has 23 heavy (non-hydrogen) atoms. The molecule has 2 aromatic rings. The molecule has 4 nitrogen and oxygen atoms in total. The Labute approximate surface area is 137 Å². The molecule has 0 saturated heterocycles. The number of fused-ring (bicyclic) bond motifs is 1. The van der Waals surface area contributed by atoms with Gasteiger partial charge in [-0.2, -0.15) is 0 Å². The van der Waals surface area contributed by atoms with E-state index in [9.17, 15) is 14.4 Å². The molecule has 0 bridgehead atoms. The van der Waals surface area contributed by atoms with E-state index < -0.39 is 17.5 Å². The van der Waals surface area contributed by atoms with E-state index in [2.05, 4.69) is 5.32 Å². The first-order chi connectivity index (χ1) is 11.0. The maximum absolute atomic E-state index is 12.5. The lowest BCUT2D eigenvalue weighted by atomic mass is 9.92. The standard InChI is InChI=1S/C18H12ClNO3/c1-10-6-8-11(9-7-10)18(23)20-15-14(19)16(21)12-4-2-3-5-13(12)17(15)22/h2-9H,1H3,(H,20,23). The Kier molecular flexibility index (Phi) is 3.84. The van der Waals surface area contributed by atoms with Crippen molar-refractivity contribution in [1.29, 1.82) is 0 Å². The SMILES string of the molecule is Cc1ccc(C(=O)NC2=C(Cl)C(=O)c3ccccc3C2=O)cc1. The Morgan fingerprint density at radius 2 is 1.48 bits per heavy atom. The lowest BCUT2D eigenvalue weighted by Gasteiger charge is -2.18. The Hall–Kier alpha value is -2.72. The van der Waals surface area contributed by atoms with Crippen LogP contribution in [0.15, 0.2) is 59.3 Å². The second kappa shape index (κ2) is 5.82. The first-order valence-corrected chi connectivity index (χ1v) is 7.33. The van der Waals surface area contributed by atoms with Crippen LogP contribution < -0.4 is 5.32 Å². The molecule has 0 spiro atoms. The van der Waals surface area contributed by atoms with E-state index >= 15 is 0 Å². The molecular weight excluding hydrogens is 314 g/mol. The monoisotopic (exact) mass is 325 g/mol. The van der Waals surface area contributed by atoms with E-state index in [1.165, 1.54) is 12.1 Å². The molecule has 0 fully saturated rings. The Bertz CT molecular complexity index is 866. The van der Waals surface area contributed by atoms with Gasteiger partial charge in [0.2, 0.25) is 11.6 Å². The second-order valence-corrected chi connectivity index (χ2v) is 5.59. The maximum atomic E-state index is 12.5. The lowest BCUT2D eigenvalue weighted by molar-refractivity contribution is 0.0923. The van der Waals surface area contributed by atoms with Crippen molar-refractivity contribution in [2.75, 3.05) is 0 Å². The van der Waals surface area contributed by atoms with Gasteiger partial charge in [0.05, 0.1) is 0 Å². The lowest BCUT2D eigenvalue weighted by Crippen LogP contribution is -2.33. The summed E-state index contributed by atoms with van der Waals surface area (Å²) in [6.07, 6.45) is 0. The summed E-state index contributed by atoms with van der Waals surface area (Å²) in [4.78, 5) is 37.0.